The molecule has 1 rings (SSSR count). The normalized spacial score (nSPS) is 12.0. The molecule has 1 aromatic heterocycles. The van der Waals surface area contributed by atoms with Crippen LogP contribution in [0.1, 0.15) is 30.6 Å². The van der Waals surface area contributed by atoms with E-state index >= 15 is 0 Å². The van der Waals surface area contributed by atoms with Gasteiger partial charge in [0.25, 0.3) is 5.91 Å². The number of hydrogen-bond donors (Lipinski definition) is 3. The molecule has 0 aromatic carbocycles. The number of rotatable bonds is 8. The molecule has 0 bridgehead atoms. The van der Waals surface area contributed by atoms with E-state index in [0.717, 1.165) is 0 Å². The van der Waals surface area contributed by atoms with Gasteiger partial charge in [0, 0.05) is 30.5 Å². The molecule has 0 aliphatic heterocycles. The fourth-order valence-electron chi connectivity index (χ4n) is 1.71. The van der Waals surface area contributed by atoms with Gasteiger partial charge in [-0.05, 0) is 17.4 Å². The molecule has 0 saturated heterocycles. The highest BCUT2D eigenvalue weighted by Crippen LogP contribution is 2.09. The van der Waals surface area contributed by atoms with Crippen LogP contribution in [0, 0.1) is 11.8 Å². The Labute approximate surface area is 127 Å². The van der Waals surface area contributed by atoms with Gasteiger partial charge < -0.3 is 15.7 Å². The molecule has 2 amide bonds. The molecule has 0 fully saturated rings. The first-order valence-electron chi connectivity index (χ1n) is 6.71. The maximum Gasteiger partial charge on any atom is 0.308 e. The number of carbonyl (C=O) groups excluding carboxylic acids is 2. The van der Waals surface area contributed by atoms with Crippen LogP contribution in [-0.2, 0) is 9.59 Å². The van der Waals surface area contributed by atoms with Crippen molar-refractivity contribution in [2.45, 2.75) is 20.3 Å². The SMILES string of the molecule is CC(C)C(CNC(=O)CCNC(=O)c1ccsc1)C(=O)O. The van der Waals surface area contributed by atoms with E-state index in [4.69, 9.17) is 5.11 Å². The second-order valence-electron chi connectivity index (χ2n) is 5.01. The zero-order valence-electron chi connectivity index (χ0n) is 12.1. The molecule has 6 nitrogen and oxygen atoms in total. The summed E-state index contributed by atoms with van der Waals surface area (Å²) < 4.78 is 0. The molecular weight excluding hydrogens is 292 g/mol. The van der Waals surface area contributed by atoms with Crippen LogP contribution in [0.5, 0.6) is 0 Å². The third kappa shape index (κ3) is 5.95. The van der Waals surface area contributed by atoms with Crippen LogP contribution in [0.3, 0.4) is 0 Å². The molecule has 1 aromatic rings. The Hall–Kier alpha value is -1.89. The van der Waals surface area contributed by atoms with Crippen LogP contribution in [0.4, 0.5) is 0 Å². The lowest BCUT2D eigenvalue weighted by Crippen LogP contribution is -2.37. The van der Waals surface area contributed by atoms with Gasteiger partial charge >= 0.3 is 5.97 Å². The number of amides is 2. The summed E-state index contributed by atoms with van der Waals surface area (Å²) in [6.07, 6.45) is 0.125. The zero-order chi connectivity index (χ0) is 15.8. The number of hydrogen-bond acceptors (Lipinski definition) is 4. The Balaban J connectivity index is 2.25. The number of aliphatic carboxylic acids is 1. The molecule has 0 spiro atoms. The van der Waals surface area contributed by atoms with E-state index in [-0.39, 0.29) is 37.2 Å². The Morgan fingerprint density at radius 3 is 2.52 bits per heavy atom. The Morgan fingerprint density at radius 2 is 2.00 bits per heavy atom. The van der Waals surface area contributed by atoms with Crippen LogP contribution < -0.4 is 10.6 Å². The average Bonchev–Trinajstić information content (AvgIpc) is 2.91. The van der Waals surface area contributed by atoms with Crippen molar-refractivity contribution in [3.63, 3.8) is 0 Å². The quantitative estimate of drug-likeness (QED) is 0.675. The third-order valence-electron chi connectivity index (χ3n) is 3.06. The standard InChI is InChI=1S/C14H20N2O4S/c1-9(2)11(14(19)20)7-16-12(17)3-5-15-13(18)10-4-6-21-8-10/h4,6,8-9,11H,3,5,7H2,1-2H3,(H,15,18)(H,16,17)(H,19,20). The summed E-state index contributed by atoms with van der Waals surface area (Å²) in [6, 6.07) is 1.71. The van der Waals surface area contributed by atoms with Gasteiger partial charge in [-0.3, -0.25) is 14.4 Å². The van der Waals surface area contributed by atoms with E-state index in [9.17, 15) is 14.4 Å². The molecule has 0 aliphatic carbocycles. The number of thiophene rings is 1. The van der Waals surface area contributed by atoms with E-state index in [1.54, 1.807) is 30.7 Å². The summed E-state index contributed by atoms with van der Waals surface area (Å²) in [4.78, 5) is 34.2. The summed E-state index contributed by atoms with van der Waals surface area (Å²) >= 11 is 1.43. The largest absolute Gasteiger partial charge is 0.481 e. The molecule has 3 N–H and O–H groups in total. The van der Waals surface area contributed by atoms with Crippen molar-refractivity contribution in [1.29, 1.82) is 0 Å². The van der Waals surface area contributed by atoms with Crippen molar-refractivity contribution in [2.24, 2.45) is 11.8 Å². The lowest BCUT2D eigenvalue weighted by molar-refractivity contribution is -0.143. The number of carboxylic acids is 1. The van der Waals surface area contributed by atoms with Gasteiger partial charge in [0.15, 0.2) is 0 Å². The van der Waals surface area contributed by atoms with Gasteiger partial charge in [0.05, 0.1) is 5.92 Å². The van der Waals surface area contributed by atoms with E-state index in [0.29, 0.717) is 5.56 Å². The van der Waals surface area contributed by atoms with E-state index in [2.05, 4.69) is 10.6 Å². The highest BCUT2D eigenvalue weighted by Gasteiger charge is 2.21. The minimum Gasteiger partial charge on any atom is -0.481 e. The Morgan fingerprint density at radius 1 is 1.29 bits per heavy atom. The van der Waals surface area contributed by atoms with E-state index < -0.39 is 11.9 Å². The maximum atomic E-state index is 11.6. The Bertz CT molecular complexity index is 485. The van der Waals surface area contributed by atoms with E-state index in [1.165, 1.54) is 11.3 Å². The molecule has 1 atom stereocenters. The lowest BCUT2D eigenvalue weighted by atomic mass is 9.96. The van der Waals surface area contributed by atoms with Crippen LogP contribution >= 0.6 is 11.3 Å². The van der Waals surface area contributed by atoms with Gasteiger partial charge in [-0.15, -0.1) is 0 Å². The monoisotopic (exact) mass is 312 g/mol. The third-order valence-corrected chi connectivity index (χ3v) is 3.75. The predicted octanol–water partition coefficient (Wildman–Crippen LogP) is 1.34. The van der Waals surface area contributed by atoms with Crippen molar-refractivity contribution in [1.82, 2.24) is 10.6 Å². The van der Waals surface area contributed by atoms with Gasteiger partial charge in [-0.25, -0.2) is 0 Å². The highest BCUT2D eigenvalue weighted by molar-refractivity contribution is 7.08. The predicted molar refractivity (Wildman–Crippen MR) is 80.2 cm³/mol. The van der Waals surface area contributed by atoms with Crippen LogP contribution in [0.2, 0.25) is 0 Å². The molecule has 1 unspecified atom stereocenters. The molecule has 1 heterocycles. The second kappa shape index (κ2) is 8.41. The first-order chi connectivity index (χ1) is 9.91. The van der Waals surface area contributed by atoms with Crippen molar-refractivity contribution >= 4 is 29.1 Å². The minimum absolute atomic E-state index is 0.0545. The maximum absolute atomic E-state index is 11.6. The van der Waals surface area contributed by atoms with Gasteiger partial charge in [0.1, 0.15) is 0 Å². The second-order valence-corrected chi connectivity index (χ2v) is 5.79. The summed E-state index contributed by atoms with van der Waals surface area (Å²) in [5.74, 6) is -2.06. The van der Waals surface area contributed by atoms with Crippen molar-refractivity contribution in [3.05, 3.63) is 22.4 Å². The average molecular weight is 312 g/mol. The van der Waals surface area contributed by atoms with Crippen LogP contribution in [0.25, 0.3) is 0 Å². The number of carboxylic acid groups (broad SMARTS) is 1. The molecule has 0 saturated carbocycles. The molecule has 0 radical (unpaired) electrons. The first-order valence-corrected chi connectivity index (χ1v) is 7.66. The lowest BCUT2D eigenvalue weighted by Gasteiger charge is -2.16. The van der Waals surface area contributed by atoms with Crippen LogP contribution in [-0.4, -0.2) is 36.0 Å². The topological polar surface area (TPSA) is 95.5 Å². The Kier molecular flexibility index (Phi) is 6.87. The molecular formula is C14H20N2O4S. The molecule has 21 heavy (non-hydrogen) atoms. The summed E-state index contributed by atoms with van der Waals surface area (Å²) in [6.45, 7) is 3.92. The van der Waals surface area contributed by atoms with Gasteiger partial charge in [-0.1, -0.05) is 13.8 Å². The minimum atomic E-state index is -0.920. The fourth-order valence-corrected chi connectivity index (χ4v) is 2.34. The summed E-state index contributed by atoms with van der Waals surface area (Å²) in [7, 11) is 0. The number of carbonyl (C=O) groups is 3. The fraction of sp³-hybridized carbons (Fsp3) is 0.500. The van der Waals surface area contributed by atoms with Crippen molar-refractivity contribution < 1.29 is 19.5 Å². The van der Waals surface area contributed by atoms with Crippen molar-refractivity contribution in [2.75, 3.05) is 13.1 Å². The smallest absolute Gasteiger partial charge is 0.308 e. The first kappa shape index (κ1) is 17.2. The molecule has 0 aliphatic rings. The van der Waals surface area contributed by atoms with E-state index in [1.807, 2.05) is 0 Å². The van der Waals surface area contributed by atoms with Crippen LogP contribution in [0.15, 0.2) is 16.8 Å². The molecule has 116 valence electrons. The molecule has 7 heteroatoms. The van der Waals surface area contributed by atoms with Crippen molar-refractivity contribution in [3.8, 4) is 0 Å². The highest BCUT2D eigenvalue weighted by atomic mass is 32.1. The summed E-state index contributed by atoms with van der Waals surface area (Å²) in [5.41, 5.74) is 0.575. The van der Waals surface area contributed by atoms with Gasteiger partial charge in [-0.2, -0.15) is 11.3 Å². The van der Waals surface area contributed by atoms with Gasteiger partial charge in [0.2, 0.25) is 5.91 Å². The summed E-state index contributed by atoms with van der Waals surface area (Å²) in [5, 5.41) is 17.8. The zero-order valence-corrected chi connectivity index (χ0v) is 12.9. The number of nitrogens with one attached hydrogen (secondary N) is 2.